The van der Waals surface area contributed by atoms with Gasteiger partial charge in [-0.1, -0.05) is 12.1 Å². The summed E-state index contributed by atoms with van der Waals surface area (Å²) in [5.41, 5.74) is 2.03. The molecule has 0 spiro atoms. The largest absolute Gasteiger partial charge is 0.497 e. The third-order valence-corrected chi connectivity index (χ3v) is 6.74. The molecule has 3 aromatic rings. The van der Waals surface area contributed by atoms with E-state index >= 15 is 0 Å². The molecule has 1 atom stereocenters. The van der Waals surface area contributed by atoms with Crippen LogP contribution >= 0.6 is 0 Å². The first kappa shape index (κ1) is 24.2. The van der Waals surface area contributed by atoms with Crippen LogP contribution in [0.2, 0.25) is 0 Å². The van der Waals surface area contributed by atoms with Gasteiger partial charge in [0.05, 0.1) is 12.0 Å². The molecular weight excluding hydrogens is 470 g/mol. The number of sulfonamides is 1. The predicted octanol–water partition coefficient (Wildman–Crippen LogP) is 3.38. The van der Waals surface area contributed by atoms with Crippen molar-refractivity contribution >= 4 is 27.3 Å². The summed E-state index contributed by atoms with van der Waals surface area (Å²) in [6, 6.07) is 18.1. The van der Waals surface area contributed by atoms with Crippen LogP contribution in [0.3, 0.4) is 0 Å². The van der Waals surface area contributed by atoms with Crippen LogP contribution in [0, 0.1) is 0 Å². The third-order valence-electron chi connectivity index (χ3n) is 5.36. The Bertz CT molecular complexity index is 1280. The minimum absolute atomic E-state index is 0.0751. The Labute approximate surface area is 204 Å². The molecule has 1 aliphatic heterocycles. The minimum Gasteiger partial charge on any atom is -0.497 e. The molecule has 0 aliphatic carbocycles. The number of nitrogens with one attached hydrogen (secondary N) is 3. The molecule has 4 rings (SSSR count). The fraction of sp³-hybridized carbons (Fsp3) is 0.240. The van der Waals surface area contributed by atoms with Gasteiger partial charge in [-0.2, -0.15) is 0 Å². The number of anilines is 2. The summed E-state index contributed by atoms with van der Waals surface area (Å²) >= 11 is 0. The van der Waals surface area contributed by atoms with Crippen LogP contribution in [0.1, 0.15) is 12.5 Å². The molecule has 35 heavy (non-hydrogen) atoms. The fourth-order valence-corrected chi connectivity index (χ4v) is 4.51. The highest BCUT2D eigenvalue weighted by atomic mass is 32.2. The summed E-state index contributed by atoms with van der Waals surface area (Å²) in [6.07, 6.45) is 0. The van der Waals surface area contributed by atoms with Gasteiger partial charge in [0.15, 0.2) is 11.5 Å². The van der Waals surface area contributed by atoms with Crippen LogP contribution in [0.4, 0.5) is 11.4 Å². The predicted molar refractivity (Wildman–Crippen MR) is 133 cm³/mol. The first-order valence-electron chi connectivity index (χ1n) is 11.0. The molecule has 1 aliphatic rings. The van der Waals surface area contributed by atoms with Crippen molar-refractivity contribution in [2.75, 3.05) is 30.4 Å². The van der Waals surface area contributed by atoms with Crippen molar-refractivity contribution in [3.63, 3.8) is 0 Å². The van der Waals surface area contributed by atoms with Crippen molar-refractivity contribution < 1.29 is 27.4 Å². The van der Waals surface area contributed by atoms with E-state index < -0.39 is 16.1 Å². The zero-order valence-corrected chi connectivity index (χ0v) is 20.2. The maximum absolute atomic E-state index is 12.8. The molecule has 0 saturated heterocycles. The van der Waals surface area contributed by atoms with E-state index in [0.717, 1.165) is 11.3 Å². The number of fused-ring (bicyclic) bond motifs is 1. The molecule has 1 amide bonds. The van der Waals surface area contributed by atoms with Gasteiger partial charge in [-0.05, 0) is 61.0 Å². The van der Waals surface area contributed by atoms with Gasteiger partial charge in [0.2, 0.25) is 5.91 Å². The van der Waals surface area contributed by atoms with E-state index in [1.165, 1.54) is 12.1 Å². The van der Waals surface area contributed by atoms with E-state index in [1.807, 2.05) is 24.3 Å². The minimum atomic E-state index is -3.81. The molecule has 184 valence electrons. The maximum Gasteiger partial charge on any atom is 0.262 e. The van der Waals surface area contributed by atoms with E-state index in [4.69, 9.17) is 14.2 Å². The number of hydrogen-bond donors (Lipinski definition) is 3. The van der Waals surface area contributed by atoms with Gasteiger partial charge in [0.25, 0.3) is 10.0 Å². The Hall–Kier alpha value is -3.92. The van der Waals surface area contributed by atoms with Gasteiger partial charge >= 0.3 is 0 Å². The highest BCUT2D eigenvalue weighted by molar-refractivity contribution is 7.92. The average Bonchev–Trinajstić information content (AvgIpc) is 2.88. The molecule has 0 fully saturated rings. The van der Waals surface area contributed by atoms with E-state index in [9.17, 15) is 13.2 Å². The molecule has 10 heteroatoms. The first-order valence-corrected chi connectivity index (χ1v) is 12.5. The molecule has 0 saturated carbocycles. The second kappa shape index (κ2) is 10.6. The van der Waals surface area contributed by atoms with Gasteiger partial charge in [0.1, 0.15) is 25.0 Å². The van der Waals surface area contributed by atoms with Gasteiger partial charge in [-0.25, -0.2) is 8.42 Å². The topological polar surface area (TPSA) is 115 Å². The Balaban J connectivity index is 1.32. The van der Waals surface area contributed by atoms with Crippen LogP contribution < -0.4 is 29.6 Å². The van der Waals surface area contributed by atoms with Crippen LogP contribution in [-0.2, 0) is 21.4 Å². The zero-order chi connectivity index (χ0) is 24.8. The number of benzene rings is 3. The van der Waals surface area contributed by atoms with Crippen LogP contribution in [0.5, 0.6) is 17.2 Å². The smallest absolute Gasteiger partial charge is 0.262 e. The third kappa shape index (κ3) is 6.15. The van der Waals surface area contributed by atoms with Crippen molar-refractivity contribution in [2.24, 2.45) is 0 Å². The number of ether oxygens (including phenoxy) is 3. The normalized spacial score (nSPS) is 13.4. The Morgan fingerprint density at radius 3 is 2.29 bits per heavy atom. The lowest BCUT2D eigenvalue weighted by Gasteiger charge is -2.19. The molecule has 0 radical (unpaired) electrons. The molecule has 0 aromatic heterocycles. The van der Waals surface area contributed by atoms with Crippen molar-refractivity contribution in [2.45, 2.75) is 24.4 Å². The molecule has 9 nitrogen and oxygen atoms in total. The van der Waals surface area contributed by atoms with Crippen LogP contribution in [0.25, 0.3) is 0 Å². The summed E-state index contributed by atoms with van der Waals surface area (Å²) in [7, 11) is -2.21. The van der Waals surface area contributed by atoms with Crippen LogP contribution in [-0.4, -0.2) is 40.7 Å². The van der Waals surface area contributed by atoms with E-state index in [-0.39, 0.29) is 10.8 Å². The Morgan fingerprint density at radius 1 is 0.943 bits per heavy atom. The first-order chi connectivity index (χ1) is 16.8. The SMILES string of the molecule is COc1ccc(CNC(=O)C(C)Nc2ccc(NS(=O)(=O)c3ccc4c(c3)OCCO4)cc2)cc1. The summed E-state index contributed by atoms with van der Waals surface area (Å²) < 4.78 is 44.2. The highest BCUT2D eigenvalue weighted by Crippen LogP contribution is 2.32. The lowest BCUT2D eigenvalue weighted by molar-refractivity contribution is -0.121. The molecule has 1 heterocycles. The number of hydrogen-bond acceptors (Lipinski definition) is 7. The summed E-state index contributed by atoms with van der Waals surface area (Å²) in [4.78, 5) is 12.5. The Kier molecular flexibility index (Phi) is 7.31. The standard InChI is InChI=1S/C25H27N3O6S/c1-17(25(29)26-16-18-3-9-21(32-2)10-4-18)27-19-5-7-20(8-6-19)28-35(30,31)22-11-12-23-24(15-22)34-14-13-33-23/h3-12,15,17,27-28H,13-14,16H2,1-2H3,(H,26,29). The summed E-state index contributed by atoms with van der Waals surface area (Å²) in [5.74, 6) is 1.52. The number of carbonyl (C=O) groups is 1. The quantitative estimate of drug-likeness (QED) is 0.415. The zero-order valence-electron chi connectivity index (χ0n) is 19.4. The number of methoxy groups -OCH3 is 1. The van der Waals surface area contributed by atoms with Crippen molar-refractivity contribution in [1.29, 1.82) is 0 Å². The number of rotatable bonds is 9. The lowest BCUT2D eigenvalue weighted by atomic mass is 10.2. The fourth-order valence-electron chi connectivity index (χ4n) is 3.44. The van der Waals surface area contributed by atoms with E-state index in [1.54, 1.807) is 44.4 Å². The molecular formula is C25H27N3O6S. The number of amides is 1. The summed E-state index contributed by atoms with van der Waals surface area (Å²) in [6.45, 7) is 2.95. The molecule has 0 bridgehead atoms. The lowest BCUT2D eigenvalue weighted by Crippen LogP contribution is -2.37. The second-order valence-corrected chi connectivity index (χ2v) is 9.60. The average molecular weight is 498 g/mol. The number of carbonyl (C=O) groups excluding carboxylic acids is 1. The maximum atomic E-state index is 12.8. The summed E-state index contributed by atoms with van der Waals surface area (Å²) in [5, 5.41) is 6.00. The van der Waals surface area contributed by atoms with E-state index in [0.29, 0.717) is 42.6 Å². The van der Waals surface area contributed by atoms with Gasteiger partial charge < -0.3 is 24.8 Å². The molecule has 1 unspecified atom stereocenters. The van der Waals surface area contributed by atoms with Gasteiger partial charge in [-0.3, -0.25) is 9.52 Å². The van der Waals surface area contributed by atoms with Gasteiger partial charge in [-0.15, -0.1) is 0 Å². The molecule has 3 N–H and O–H groups in total. The highest BCUT2D eigenvalue weighted by Gasteiger charge is 2.20. The van der Waals surface area contributed by atoms with Crippen LogP contribution in [0.15, 0.2) is 71.6 Å². The van der Waals surface area contributed by atoms with Gasteiger partial charge in [0, 0.05) is 24.0 Å². The van der Waals surface area contributed by atoms with Crippen molar-refractivity contribution in [3.05, 3.63) is 72.3 Å². The van der Waals surface area contributed by atoms with Crippen molar-refractivity contribution in [1.82, 2.24) is 5.32 Å². The van der Waals surface area contributed by atoms with E-state index in [2.05, 4.69) is 15.4 Å². The molecule has 3 aromatic carbocycles. The Morgan fingerprint density at radius 2 is 1.60 bits per heavy atom. The second-order valence-electron chi connectivity index (χ2n) is 7.92. The monoisotopic (exact) mass is 497 g/mol. The van der Waals surface area contributed by atoms with Crippen molar-refractivity contribution in [3.8, 4) is 17.2 Å².